The van der Waals surface area contributed by atoms with Crippen LogP contribution in [0.15, 0.2) is 65.2 Å². The van der Waals surface area contributed by atoms with E-state index in [1.807, 2.05) is 12.1 Å². The summed E-state index contributed by atoms with van der Waals surface area (Å²) in [4.78, 5) is 16.1. The molecule has 0 saturated heterocycles. The number of hydrogen-bond donors (Lipinski definition) is 1. The van der Waals surface area contributed by atoms with Gasteiger partial charge in [-0.1, -0.05) is 18.2 Å². The molecule has 0 radical (unpaired) electrons. The largest absolute Gasteiger partial charge is 0.451 e. The Labute approximate surface area is 126 Å². The summed E-state index contributed by atoms with van der Waals surface area (Å²) in [6.07, 6.45) is 1.66. The number of amides is 1. The zero-order valence-electron chi connectivity index (χ0n) is 11.6. The summed E-state index contributed by atoms with van der Waals surface area (Å²) < 4.78 is 19.1. The minimum absolute atomic E-state index is 0.134. The van der Waals surface area contributed by atoms with Crippen LogP contribution in [0.1, 0.15) is 16.2 Å². The van der Waals surface area contributed by atoms with Crippen molar-refractivity contribution < 1.29 is 13.6 Å². The van der Waals surface area contributed by atoms with Crippen molar-refractivity contribution in [2.75, 3.05) is 0 Å². The first-order valence-electron chi connectivity index (χ1n) is 6.77. The summed E-state index contributed by atoms with van der Waals surface area (Å²) in [5.41, 5.74) is 1.07. The molecule has 3 rings (SSSR count). The van der Waals surface area contributed by atoms with Crippen LogP contribution in [-0.4, -0.2) is 10.9 Å². The molecule has 0 bridgehead atoms. The molecule has 4 nitrogen and oxygen atoms in total. The molecule has 0 fully saturated rings. The molecule has 0 saturated carbocycles. The lowest BCUT2D eigenvalue weighted by atomic mass is 10.1. The second-order valence-electron chi connectivity index (χ2n) is 4.65. The maximum atomic E-state index is 13.7. The standard InChI is InChI=1S/C17H13FN2O2/c18-14-7-2-1-6-13(14)15-8-9-16(22-15)17(21)20-11-12-5-3-4-10-19-12/h1-10H,11H2,(H,20,21). The summed E-state index contributed by atoms with van der Waals surface area (Å²) in [6, 6.07) is 14.8. The van der Waals surface area contributed by atoms with Gasteiger partial charge in [-0.3, -0.25) is 9.78 Å². The minimum atomic E-state index is -0.391. The molecular weight excluding hydrogens is 283 g/mol. The highest BCUT2D eigenvalue weighted by Crippen LogP contribution is 2.24. The van der Waals surface area contributed by atoms with E-state index in [0.29, 0.717) is 17.9 Å². The van der Waals surface area contributed by atoms with Crippen LogP contribution in [-0.2, 0) is 6.54 Å². The average Bonchev–Trinajstić information content (AvgIpc) is 3.04. The Morgan fingerprint density at radius 2 is 1.91 bits per heavy atom. The van der Waals surface area contributed by atoms with Crippen molar-refractivity contribution in [3.8, 4) is 11.3 Å². The van der Waals surface area contributed by atoms with Crippen LogP contribution in [0.25, 0.3) is 11.3 Å². The Balaban J connectivity index is 1.71. The first-order chi connectivity index (χ1) is 10.7. The Morgan fingerprint density at radius 3 is 2.68 bits per heavy atom. The number of carbonyl (C=O) groups excluding carboxylic acids is 1. The van der Waals surface area contributed by atoms with Gasteiger partial charge in [-0.2, -0.15) is 0 Å². The molecule has 0 unspecified atom stereocenters. The number of pyridine rings is 1. The Morgan fingerprint density at radius 1 is 1.09 bits per heavy atom. The van der Waals surface area contributed by atoms with Crippen molar-refractivity contribution >= 4 is 5.91 Å². The third-order valence-corrected chi connectivity index (χ3v) is 3.13. The molecule has 5 heteroatoms. The smallest absolute Gasteiger partial charge is 0.287 e. The van der Waals surface area contributed by atoms with Gasteiger partial charge in [0.25, 0.3) is 5.91 Å². The van der Waals surface area contributed by atoms with E-state index in [0.717, 1.165) is 5.69 Å². The van der Waals surface area contributed by atoms with E-state index in [1.165, 1.54) is 12.1 Å². The fourth-order valence-electron chi connectivity index (χ4n) is 2.03. The van der Waals surface area contributed by atoms with Crippen LogP contribution >= 0.6 is 0 Å². The second kappa shape index (κ2) is 6.22. The molecule has 0 aliphatic rings. The van der Waals surface area contributed by atoms with Crippen molar-refractivity contribution in [2.45, 2.75) is 6.54 Å². The summed E-state index contributed by atoms with van der Waals surface area (Å²) >= 11 is 0. The van der Waals surface area contributed by atoms with Gasteiger partial charge in [-0.05, 0) is 36.4 Å². The van der Waals surface area contributed by atoms with E-state index >= 15 is 0 Å². The fourth-order valence-corrected chi connectivity index (χ4v) is 2.03. The van der Waals surface area contributed by atoms with E-state index in [-0.39, 0.29) is 11.7 Å². The Kier molecular flexibility index (Phi) is 3.96. The maximum absolute atomic E-state index is 13.7. The predicted molar refractivity (Wildman–Crippen MR) is 79.5 cm³/mol. The van der Waals surface area contributed by atoms with E-state index in [9.17, 15) is 9.18 Å². The SMILES string of the molecule is O=C(NCc1ccccn1)c1ccc(-c2ccccc2F)o1. The molecule has 22 heavy (non-hydrogen) atoms. The van der Waals surface area contributed by atoms with E-state index in [4.69, 9.17) is 4.42 Å². The lowest BCUT2D eigenvalue weighted by Crippen LogP contribution is -2.22. The first-order valence-corrected chi connectivity index (χ1v) is 6.77. The molecule has 0 spiro atoms. The van der Waals surface area contributed by atoms with Gasteiger partial charge in [-0.15, -0.1) is 0 Å². The molecule has 0 aliphatic carbocycles. The van der Waals surface area contributed by atoms with Gasteiger partial charge < -0.3 is 9.73 Å². The summed E-state index contributed by atoms with van der Waals surface area (Å²) in [5, 5.41) is 2.71. The number of halogens is 1. The average molecular weight is 296 g/mol. The number of nitrogens with one attached hydrogen (secondary N) is 1. The molecule has 3 aromatic rings. The predicted octanol–water partition coefficient (Wildman–Crippen LogP) is 3.41. The van der Waals surface area contributed by atoms with Crippen LogP contribution in [0.5, 0.6) is 0 Å². The van der Waals surface area contributed by atoms with Gasteiger partial charge in [0.15, 0.2) is 5.76 Å². The highest BCUT2D eigenvalue weighted by molar-refractivity contribution is 5.92. The van der Waals surface area contributed by atoms with Crippen molar-refractivity contribution in [2.24, 2.45) is 0 Å². The lowest BCUT2D eigenvalue weighted by Gasteiger charge is -2.02. The highest BCUT2D eigenvalue weighted by atomic mass is 19.1. The Hall–Kier alpha value is -2.95. The molecule has 2 aromatic heterocycles. The molecular formula is C17H13FN2O2. The maximum Gasteiger partial charge on any atom is 0.287 e. The topological polar surface area (TPSA) is 55.1 Å². The summed E-state index contributed by atoms with van der Waals surface area (Å²) in [6.45, 7) is 0.301. The van der Waals surface area contributed by atoms with E-state index in [2.05, 4.69) is 10.3 Å². The molecule has 2 heterocycles. The number of hydrogen-bond acceptors (Lipinski definition) is 3. The quantitative estimate of drug-likeness (QED) is 0.802. The number of carbonyl (C=O) groups is 1. The monoisotopic (exact) mass is 296 g/mol. The van der Waals surface area contributed by atoms with Gasteiger partial charge >= 0.3 is 0 Å². The van der Waals surface area contributed by atoms with Gasteiger partial charge in [-0.25, -0.2) is 4.39 Å². The van der Waals surface area contributed by atoms with Crippen molar-refractivity contribution in [1.29, 1.82) is 0 Å². The minimum Gasteiger partial charge on any atom is -0.451 e. The lowest BCUT2D eigenvalue weighted by molar-refractivity contribution is 0.0923. The summed E-state index contributed by atoms with van der Waals surface area (Å²) in [5.74, 6) is -0.305. The fraction of sp³-hybridized carbons (Fsp3) is 0.0588. The number of rotatable bonds is 4. The van der Waals surface area contributed by atoms with Crippen LogP contribution in [0.4, 0.5) is 4.39 Å². The van der Waals surface area contributed by atoms with Gasteiger partial charge in [0.05, 0.1) is 17.8 Å². The van der Waals surface area contributed by atoms with Crippen LogP contribution in [0.3, 0.4) is 0 Å². The highest BCUT2D eigenvalue weighted by Gasteiger charge is 2.14. The normalized spacial score (nSPS) is 10.4. The molecule has 110 valence electrons. The van der Waals surface area contributed by atoms with Gasteiger partial charge in [0.2, 0.25) is 0 Å². The zero-order chi connectivity index (χ0) is 15.4. The van der Waals surface area contributed by atoms with E-state index in [1.54, 1.807) is 36.5 Å². The second-order valence-corrected chi connectivity index (χ2v) is 4.65. The molecule has 1 amide bonds. The van der Waals surface area contributed by atoms with Gasteiger partial charge in [0, 0.05) is 6.20 Å². The third kappa shape index (κ3) is 3.03. The van der Waals surface area contributed by atoms with Crippen molar-refractivity contribution in [3.05, 3.63) is 78.1 Å². The molecule has 1 N–H and O–H groups in total. The third-order valence-electron chi connectivity index (χ3n) is 3.13. The van der Waals surface area contributed by atoms with Crippen LogP contribution in [0, 0.1) is 5.82 Å². The first kappa shape index (κ1) is 14.0. The number of furan rings is 1. The molecule has 0 aliphatic heterocycles. The zero-order valence-corrected chi connectivity index (χ0v) is 11.6. The van der Waals surface area contributed by atoms with Gasteiger partial charge in [0.1, 0.15) is 11.6 Å². The Bertz CT molecular complexity index is 784. The number of aromatic nitrogens is 1. The van der Waals surface area contributed by atoms with Crippen molar-refractivity contribution in [1.82, 2.24) is 10.3 Å². The molecule has 0 atom stereocenters. The summed E-state index contributed by atoms with van der Waals surface area (Å²) in [7, 11) is 0. The number of nitrogens with zero attached hydrogens (tertiary/aromatic N) is 1. The van der Waals surface area contributed by atoms with Crippen LogP contribution < -0.4 is 5.32 Å². The van der Waals surface area contributed by atoms with E-state index < -0.39 is 5.82 Å². The number of benzene rings is 1. The van der Waals surface area contributed by atoms with Crippen molar-refractivity contribution in [3.63, 3.8) is 0 Å². The molecule has 1 aromatic carbocycles. The van der Waals surface area contributed by atoms with Crippen LogP contribution in [0.2, 0.25) is 0 Å².